The second-order valence-corrected chi connectivity index (χ2v) is 5.85. The van der Waals surface area contributed by atoms with Crippen molar-refractivity contribution in [2.24, 2.45) is 0 Å². The molecule has 0 atom stereocenters. The molecule has 2 aromatic rings. The topological polar surface area (TPSA) is 26.0 Å². The second-order valence-electron chi connectivity index (χ2n) is 3.93. The number of anilines is 1. The van der Waals surface area contributed by atoms with Crippen molar-refractivity contribution in [1.82, 2.24) is 0 Å². The van der Waals surface area contributed by atoms with E-state index in [9.17, 15) is 13.2 Å². The molecule has 0 fully saturated rings. The lowest BCUT2D eigenvalue weighted by Gasteiger charge is -2.11. The van der Waals surface area contributed by atoms with E-state index < -0.39 is 11.7 Å². The zero-order valence-corrected chi connectivity index (χ0v) is 12.2. The first kappa shape index (κ1) is 15.4. The first-order chi connectivity index (χ1) is 9.27. The average Bonchev–Trinajstić information content (AvgIpc) is 2.35. The minimum atomic E-state index is -4.41. The van der Waals surface area contributed by atoms with Crippen LogP contribution in [0.4, 0.5) is 18.9 Å². The predicted molar refractivity (Wildman–Crippen MR) is 76.4 cm³/mol. The molecule has 0 aliphatic rings. The van der Waals surface area contributed by atoms with Crippen LogP contribution in [0.2, 0.25) is 10.0 Å². The summed E-state index contributed by atoms with van der Waals surface area (Å²) in [5.41, 5.74) is 4.92. The van der Waals surface area contributed by atoms with Gasteiger partial charge in [-0.25, -0.2) is 0 Å². The lowest BCUT2D eigenvalue weighted by molar-refractivity contribution is -0.137. The Labute approximate surface area is 127 Å². The number of hydrogen-bond donors (Lipinski definition) is 1. The van der Waals surface area contributed by atoms with Crippen LogP contribution in [0, 0.1) is 0 Å². The van der Waals surface area contributed by atoms with Gasteiger partial charge in [0.05, 0.1) is 10.6 Å². The van der Waals surface area contributed by atoms with Gasteiger partial charge in [0, 0.05) is 20.5 Å². The van der Waals surface area contributed by atoms with Crippen LogP contribution in [-0.2, 0) is 6.18 Å². The number of rotatable bonds is 2. The van der Waals surface area contributed by atoms with Crippen molar-refractivity contribution in [3.8, 4) is 0 Å². The Bertz CT molecular complexity index is 644. The fourth-order valence-electron chi connectivity index (χ4n) is 1.49. The van der Waals surface area contributed by atoms with E-state index in [1.54, 1.807) is 18.2 Å². The van der Waals surface area contributed by atoms with E-state index in [1.807, 2.05) is 0 Å². The van der Waals surface area contributed by atoms with E-state index in [0.717, 1.165) is 12.1 Å². The van der Waals surface area contributed by atoms with Crippen molar-refractivity contribution in [2.45, 2.75) is 16.0 Å². The van der Waals surface area contributed by atoms with Crippen molar-refractivity contribution in [2.75, 3.05) is 5.73 Å². The highest BCUT2D eigenvalue weighted by Gasteiger charge is 2.30. The molecule has 0 unspecified atom stereocenters. The van der Waals surface area contributed by atoms with Gasteiger partial charge in [-0.05, 0) is 36.4 Å². The van der Waals surface area contributed by atoms with Crippen molar-refractivity contribution >= 4 is 40.7 Å². The van der Waals surface area contributed by atoms with Crippen molar-refractivity contribution in [3.63, 3.8) is 0 Å². The fraction of sp³-hybridized carbons (Fsp3) is 0.0769. The summed E-state index contributed by atoms with van der Waals surface area (Å²) >= 11 is 13.0. The summed E-state index contributed by atoms with van der Waals surface area (Å²) in [5, 5.41) is 0.945. The molecular weight excluding hydrogens is 330 g/mol. The quantitative estimate of drug-likeness (QED) is 0.706. The minimum absolute atomic E-state index is 0.0425. The summed E-state index contributed by atoms with van der Waals surface area (Å²) in [6.07, 6.45) is -4.41. The smallest absolute Gasteiger partial charge is 0.398 e. The zero-order valence-electron chi connectivity index (χ0n) is 9.84. The average molecular weight is 338 g/mol. The Hall–Kier alpha value is -1.04. The molecule has 0 amide bonds. The molecule has 0 spiro atoms. The predicted octanol–water partition coefficient (Wildman–Crippen LogP) is 5.75. The highest BCUT2D eigenvalue weighted by Crippen LogP contribution is 2.39. The third-order valence-electron chi connectivity index (χ3n) is 2.45. The summed E-state index contributed by atoms with van der Waals surface area (Å²) in [7, 11) is 0. The standard InChI is InChI=1S/C13H8Cl2F3NS/c14-8-2-3-9(15)12(6-8)20-11-4-1-7(5-10(11)19)13(16,17)18/h1-6H,19H2. The van der Waals surface area contributed by atoms with Gasteiger partial charge in [0.15, 0.2) is 0 Å². The van der Waals surface area contributed by atoms with E-state index in [0.29, 0.717) is 19.8 Å². The maximum Gasteiger partial charge on any atom is 0.416 e. The molecule has 0 bridgehead atoms. The van der Waals surface area contributed by atoms with E-state index in [-0.39, 0.29) is 5.69 Å². The van der Waals surface area contributed by atoms with Crippen LogP contribution in [0.1, 0.15) is 5.56 Å². The van der Waals surface area contributed by atoms with Gasteiger partial charge in [-0.2, -0.15) is 13.2 Å². The third-order valence-corrected chi connectivity index (χ3v) is 4.28. The van der Waals surface area contributed by atoms with E-state index in [1.165, 1.54) is 17.8 Å². The van der Waals surface area contributed by atoms with E-state index in [4.69, 9.17) is 28.9 Å². The molecule has 0 saturated heterocycles. The minimum Gasteiger partial charge on any atom is -0.398 e. The number of nitrogen functional groups attached to an aromatic ring is 1. The first-order valence-electron chi connectivity index (χ1n) is 5.37. The number of hydrogen-bond acceptors (Lipinski definition) is 2. The van der Waals surface area contributed by atoms with Crippen molar-refractivity contribution in [3.05, 3.63) is 52.0 Å². The lowest BCUT2D eigenvalue weighted by atomic mass is 10.2. The fourth-order valence-corrected chi connectivity index (χ4v) is 2.86. The summed E-state index contributed by atoms with van der Waals surface area (Å²) in [5.74, 6) is 0. The Kier molecular flexibility index (Phi) is 4.42. The lowest BCUT2D eigenvalue weighted by Crippen LogP contribution is -2.05. The molecule has 2 N–H and O–H groups in total. The van der Waals surface area contributed by atoms with E-state index in [2.05, 4.69) is 0 Å². The largest absolute Gasteiger partial charge is 0.416 e. The normalized spacial score (nSPS) is 11.7. The van der Waals surface area contributed by atoms with Gasteiger partial charge in [0.2, 0.25) is 0 Å². The molecular formula is C13H8Cl2F3NS. The summed E-state index contributed by atoms with van der Waals surface area (Å²) < 4.78 is 37.6. The van der Waals surface area contributed by atoms with Crippen LogP contribution >= 0.6 is 35.0 Å². The third kappa shape index (κ3) is 3.53. The van der Waals surface area contributed by atoms with Crippen molar-refractivity contribution in [1.29, 1.82) is 0 Å². The SMILES string of the molecule is Nc1cc(C(F)(F)F)ccc1Sc1cc(Cl)ccc1Cl. The van der Waals surface area contributed by atoms with Crippen LogP contribution in [-0.4, -0.2) is 0 Å². The molecule has 20 heavy (non-hydrogen) atoms. The molecule has 0 aliphatic heterocycles. The molecule has 7 heteroatoms. The zero-order chi connectivity index (χ0) is 14.9. The molecule has 0 heterocycles. The molecule has 0 radical (unpaired) electrons. The van der Waals surface area contributed by atoms with Crippen molar-refractivity contribution < 1.29 is 13.2 Å². The van der Waals surface area contributed by atoms with Gasteiger partial charge in [-0.3, -0.25) is 0 Å². The maximum atomic E-state index is 12.5. The Morgan fingerprint density at radius 2 is 1.65 bits per heavy atom. The Morgan fingerprint density at radius 3 is 2.25 bits per heavy atom. The van der Waals surface area contributed by atoms with E-state index >= 15 is 0 Å². The number of benzene rings is 2. The molecule has 1 nitrogen and oxygen atoms in total. The molecule has 0 aromatic heterocycles. The highest BCUT2D eigenvalue weighted by molar-refractivity contribution is 7.99. The van der Waals surface area contributed by atoms with Crippen LogP contribution in [0.3, 0.4) is 0 Å². The van der Waals surface area contributed by atoms with Gasteiger partial charge in [0.25, 0.3) is 0 Å². The van der Waals surface area contributed by atoms with Gasteiger partial charge in [-0.15, -0.1) is 0 Å². The summed E-state index contributed by atoms with van der Waals surface area (Å²) in [6.45, 7) is 0. The Morgan fingerprint density at radius 1 is 0.950 bits per heavy atom. The molecule has 2 rings (SSSR count). The van der Waals surface area contributed by atoms with Crippen LogP contribution in [0.15, 0.2) is 46.2 Å². The summed E-state index contributed by atoms with van der Waals surface area (Å²) in [6, 6.07) is 8.08. The Balaban J connectivity index is 2.33. The highest BCUT2D eigenvalue weighted by atomic mass is 35.5. The first-order valence-corrected chi connectivity index (χ1v) is 6.94. The molecule has 0 aliphatic carbocycles. The number of nitrogens with two attached hydrogens (primary N) is 1. The van der Waals surface area contributed by atoms with Crippen LogP contribution in [0.5, 0.6) is 0 Å². The van der Waals surface area contributed by atoms with Gasteiger partial charge in [-0.1, -0.05) is 35.0 Å². The van der Waals surface area contributed by atoms with Crippen LogP contribution < -0.4 is 5.73 Å². The van der Waals surface area contributed by atoms with Crippen LogP contribution in [0.25, 0.3) is 0 Å². The number of halogens is 5. The monoisotopic (exact) mass is 337 g/mol. The number of alkyl halides is 3. The second kappa shape index (κ2) is 5.76. The van der Waals surface area contributed by atoms with Gasteiger partial charge in [0.1, 0.15) is 0 Å². The van der Waals surface area contributed by atoms with Gasteiger partial charge < -0.3 is 5.73 Å². The van der Waals surface area contributed by atoms with Gasteiger partial charge >= 0.3 is 6.18 Å². The molecule has 0 saturated carbocycles. The summed E-state index contributed by atoms with van der Waals surface area (Å²) in [4.78, 5) is 1.12. The maximum absolute atomic E-state index is 12.5. The molecule has 106 valence electrons. The molecule has 2 aromatic carbocycles.